The Balaban J connectivity index is 1.92. The maximum atomic E-state index is 6.71. The zero-order valence-electron chi connectivity index (χ0n) is 11.2. The Hall–Kier alpha value is -0.0400. The molecule has 2 fully saturated rings. The van der Waals surface area contributed by atoms with E-state index < -0.39 is 0 Å². The van der Waals surface area contributed by atoms with Gasteiger partial charge in [0, 0.05) is 5.54 Å². The summed E-state index contributed by atoms with van der Waals surface area (Å²) in [5, 5.41) is 0. The van der Waals surface area contributed by atoms with E-state index >= 15 is 0 Å². The predicted octanol–water partition coefficient (Wildman–Crippen LogP) is 4.11. The highest BCUT2D eigenvalue weighted by molar-refractivity contribution is 4.96. The summed E-state index contributed by atoms with van der Waals surface area (Å²) in [6.45, 7) is 4.74. The molecule has 2 N–H and O–H groups in total. The molecule has 2 rings (SSSR count). The number of hydrogen-bond donors (Lipinski definition) is 1. The first-order valence-electron chi connectivity index (χ1n) is 7.43. The summed E-state index contributed by atoms with van der Waals surface area (Å²) in [5.41, 5.74) is 6.92. The summed E-state index contributed by atoms with van der Waals surface area (Å²) < 4.78 is 0. The lowest BCUT2D eigenvalue weighted by Gasteiger charge is -2.45. The van der Waals surface area contributed by atoms with Crippen LogP contribution in [0.15, 0.2) is 0 Å². The van der Waals surface area contributed by atoms with Crippen molar-refractivity contribution in [2.45, 2.75) is 77.2 Å². The zero-order valence-corrected chi connectivity index (χ0v) is 11.2. The van der Waals surface area contributed by atoms with Crippen LogP contribution in [0.25, 0.3) is 0 Å². The van der Waals surface area contributed by atoms with Gasteiger partial charge in [-0.15, -0.1) is 0 Å². The van der Waals surface area contributed by atoms with Gasteiger partial charge in [-0.3, -0.25) is 0 Å². The predicted molar refractivity (Wildman–Crippen MR) is 70.3 cm³/mol. The normalized spacial score (nSPS) is 45.6. The van der Waals surface area contributed by atoms with E-state index in [1.807, 2.05) is 0 Å². The zero-order chi connectivity index (χ0) is 11.6. The molecule has 0 bridgehead atoms. The van der Waals surface area contributed by atoms with Crippen molar-refractivity contribution in [2.24, 2.45) is 23.5 Å². The largest absolute Gasteiger partial charge is 0.325 e. The van der Waals surface area contributed by atoms with Crippen LogP contribution in [0.3, 0.4) is 0 Å². The van der Waals surface area contributed by atoms with Crippen molar-refractivity contribution < 1.29 is 0 Å². The van der Waals surface area contributed by atoms with Gasteiger partial charge in [-0.1, -0.05) is 33.1 Å². The third kappa shape index (κ3) is 2.61. The average Bonchev–Trinajstić information content (AvgIpc) is 2.30. The molecule has 0 aromatic heterocycles. The SMILES string of the molecule is CCC1CCC(N)(C2CCCC(C)C2)CC1. The summed E-state index contributed by atoms with van der Waals surface area (Å²) in [6.07, 6.45) is 12.4. The molecule has 0 heterocycles. The quantitative estimate of drug-likeness (QED) is 0.749. The third-order valence-electron chi connectivity index (χ3n) is 5.36. The molecule has 2 atom stereocenters. The highest BCUT2D eigenvalue weighted by Gasteiger charge is 2.39. The minimum Gasteiger partial charge on any atom is -0.325 e. The van der Waals surface area contributed by atoms with Gasteiger partial charge in [0.05, 0.1) is 0 Å². The second-order valence-electron chi connectivity index (χ2n) is 6.55. The maximum absolute atomic E-state index is 6.71. The summed E-state index contributed by atoms with van der Waals surface area (Å²) in [5.74, 6) is 2.72. The number of nitrogens with two attached hydrogens (primary N) is 1. The molecule has 1 heteroatoms. The van der Waals surface area contributed by atoms with Crippen LogP contribution in [-0.2, 0) is 0 Å². The Kier molecular flexibility index (Phi) is 3.94. The Morgan fingerprint density at radius 1 is 1.12 bits per heavy atom. The molecular formula is C15H29N. The first kappa shape index (κ1) is 12.4. The van der Waals surface area contributed by atoms with Crippen molar-refractivity contribution in [1.29, 1.82) is 0 Å². The van der Waals surface area contributed by atoms with Crippen LogP contribution >= 0.6 is 0 Å². The lowest BCUT2D eigenvalue weighted by Crippen LogP contribution is -2.51. The van der Waals surface area contributed by atoms with Gasteiger partial charge in [-0.25, -0.2) is 0 Å². The number of hydrogen-bond acceptors (Lipinski definition) is 1. The van der Waals surface area contributed by atoms with E-state index in [-0.39, 0.29) is 5.54 Å². The van der Waals surface area contributed by atoms with Crippen LogP contribution < -0.4 is 5.73 Å². The monoisotopic (exact) mass is 223 g/mol. The first-order chi connectivity index (χ1) is 7.64. The molecule has 94 valence electrons. The number of rotatable bonds is 2. The molecule has 0 aromatic carbocycles. The first-order valence-corrected chi connectivity index (χ1v) is 7.43. The van der Waals surface area contributed by atoms with Gasteiger partial charge < -0.3 is 5.73 Å². The fourth-order valence-electron chi connectivity index (χ4n) is 3.99. The summed E-state index contributed by atoms with van der Waals surface area (Å²) >= 11 is 0. The van der Waals surface area contributed by atoms with Crippen LogP contribution in [-0.4, -0.2) is 5.54 Å². The van der Waals surface area contributed by atoms with Crippen molar-refractivity contribution in [2.75, 3.05) is 0 Å². The molecule has 1 nitrogen and oxygen atoms in total. The molecule has 0 aromatic rings. The van der Waals surface area contributed by atoms with Crippen molar-refractivity contribution in [1.82, 2.24) is 0 Å². The molecule has 2 saturated carbocycles. The highest BCUT2D eigenvalue weighted by atomic mass is 14.8. The fourth-order valence-corrected chi connectivity index (χ4v) is 3.99. The molecule has 2 aliphatic rings. The minimum atomic E-state index is 0.209. The van der Waals surface area contributed by atoms with Crippen LogP contribution in [0.2, 0.25) is 0 Å². The van der Waals surface area contributed by atoms with E-state index in [4.69, 9.17) is 5.73 Å². The average molecular weight is 223 g/mol. The van der Waals surface area contributed by atoms with E-state index in [9.17, 15) is 0 Å². The summed E-state index contributed by atoms with van der Waals surface area (Å²) in [4.78, 5) is 0. The standard InChI is InChI=1S/C15H29N/c1-3-13-7-9-15(16,10-8-13)14-6-4-5-12(2)11-14/h12-14H,3-11,16H2,1-2H3. The van der Waals surface area contributed by atoms with Crippen LogP contribution in [0, 0.1) is 17.8 Å². The molecule has 0 amide bonds. The maximum Gasteiger partial charge on any atom is 0.0183 e. The molecular weight excluding hydrogens is 194 g/mol. The van der Waals surface area contributed by atoms with Crippen molar-refractivity contribution in [3.05, 3.63) is 0 Å². The Morgan fingerprint density at radius 3 is 2.38 bits per heavy atom. The molecule has 2 aliphatic carbocycles. The van der Waals surface area contributed by atoms with Crippen molar-refractivity contribution in [3.63, 3.8) is 0 Å². The molecule has 2 unspecified atom stereocenters. The Morgan fingerprint density at radius 2 is 1.81 bits per heavy atom. The molecule has 0 radical (unpaired) electrons. The van der Waals surface area contributed by atoms with E-state index in [2.05, 4.69) is 13.8 Å². The van der Waals surface area contributed by atoms with Gasteiger partial charge >= 0.3 is 0 Å². The third-order valence-corrected chi connectivity index (χ3v) is 5.36. The van der Waals surface area contributed by atoms with Crippen molar-refractivity contribution >= 4 is 0 Å². The van der Waals surface area contributed by atoms with Crippen LogP contribution in [0.5, 0.6) is 0 Å². The fraction of sp³-hybridized carbons (Fsp3) is 1.00. The lowest BCUT2D eigenvalue weighted by atomic mass is 9.64. The van der Waals surface area contributed by atoms with Gasteiger partial charge in [0.2, 0.25) is 0 Å². The summed E-state index contributed by atoms with van der Waals surface area (Å²) in [6, 6.07) is 0. The Bertz CT molecular complexity index is 215. The second-order valence-corrected chi connectivity index (χ2v) is 6.55. The summed E-state index contributed by atoms with van der Waals surface area (Å²) in [7, 11) is 0. The lowest BCUT2D eigenvalue weighted by molar-refractivity contribution is 0.111. The Labute approximate surface area is 101 Å². The van der Waals surface area contributed by atoms with E-state index in [0.717, 1.165) is 17.8 Å². The van der Waals surface area contributed by atoms with Gasteiger partial charge in [0.25, 0.3) is 0 Å². The molecule has 0 saturated heterocycles. The van der Waals surface area contributed by atoms with Gasteiger partial charge in [0.1, 0.15) is 0 Å². The van der Waals surface area contributed by atoms with E-state index in [0.29, 0.717) is 0 Å². The van der Waals surface area contributed by atoms with E-state index in [1.165, 1.54) is 57.8 Å². The smallest absolute Gasteiger partial charge is 0.0183 e. The minimum absolute atomic E-state index is 0.209. The second kappa shape index (κ2) is 5.08. The van der Waals surface area contributed by atoms with Gasteiger partial charge in [0.15, 0.2) is 0 Å². The molecule has 0 spiro atoms. The molecule has 0 aliphatic heterocycles. The van der Waals surface area contributed by atoms with Crippen LogP contribution in [0.1, 0.15) is 71.6 Å². The topological polar surface area (TPSA) is 26.0 Å². The van der Waals surface area contributed by atoms with E-state index in [1.54, 1.807) is 0 Å². The molecule has 16 heavy (non-hydrogen) atoms. The van der Waals surface area contributed by atoms with Gasteiger partial charge in [-0.2, -0.15) is 0 Å². The van der Waals surface area contributed by atoms with Crippen molar-refractivity contribution in [3.8, 4) is 0 Å². The highest BCUT2D eigenvalue weighted by Crippen LogP contribution is 2.43. The van der Waals surface area contributed by atoms with Gasteiger partial charge in [-0.05, 0) is 56.3 Å². The van der Waals surface area contributed by atoms with Crippen LogP contribution in [0.4, 0.5) is 0 Å².